The summed E-state index contributed by atoms with van der Waals surface area (Å²) in [5, 5.41) is 13.0. The third-order valence-electron chi connectivity index (χ3n) is 4.74. The third kappa shape index (κ3) is 4.06. The Morgan fingerprint density at radius 3 is 2.40 bits per heavy atom. The molecule has 3 heterocycles. The van der Waals surface area contributed by atoms with Crippen LogP contribution in [0.25, 0.3) is 33.3 Å². The molecule has 0 aliphatic rings. The van der Waals surface area contributed by atoms with Crippen molar-refractivity contribution in [3.8, 4) is 33.8 Å². The van der Waals surface area contributed by atoms with Gasteiger partial charge in [-0.15, -0.1) is 0 Å². The normalized spacial score (nSPS) is 10.5. The highest BCUT2D eigenvalue weighted by molar-refractivity contribution is 5.95. The van der Waals surface area contributed by atoms with Crippen molar-refractivity contribution in [1.82, 2.24) is 15.0 Å². The first-order valence-corrected chi connectivity index (χ1v) is 9.24. The predicted octanol–water partition coefficient (Wildman–Crippen LogP) is 4.35. The van der Waals surface area contributed by atoms with Crippen LogP contribution in [0.1, 0.15) is 7.43 Å². The van der Waals surface area contributed by atoms with Crippen LogP contribution < -0.4 is 14.8 Å². The van der Waals surface area contributed by atoms with Crippen molar-refractivity contribution >= 4 is 16.9 Å². The molecule has 0 radical (unpaired) electrons. The zero-order chi connectivity index (χ0) is 20.2. The van der Waals surface area contributed by atoms with E-state index in [-0.39, 0.29) is 14.0 Å². The zero-order valence-electron chi connectivity index (χ0n) is 16.3. The molecular formula is C23H26N4O3. The van der Waals surface area contributed by atoms with E-state index in [1.807, 2.05) is 48.9 Å². The molecule has 0 unspecified atom stereocenters. The van der Waals surface area contributed by atoms with E-state index in [0.29, 0.717) is 18.0 Å². The van der Waals surface area contributed by atoms with E-state index < -0.39 is 0 Å². The number of aliphatic hydroxyl groups excluding tert-OH is 1. The molecule has 0 aliphatic carbocycles. The summed E-state index contributed by atoms with van der Waals surface area (Å²) in [6.07, 6.45) is 5.59. The fourth-order valence-corrected chi connectivity index (χ4v) is 3.26. The number of benzene rings is 1. The van der Waals surface area contributed by atoms with Crippen molar-refractivity contribution < 1.29 is 14.6 Å². The van der Waals surface area contributed by atoms with Crippen LogP contribution in [0, 0.1) is 0 Å². The first kappa shape index (κ1) is 21.1. The molecule has 0 bridgehead atoms. The van der Waals surface area contributed by atoms with Crippen LogP contribution in [0.4, 0.5) is 5.82 Å². The van der Waals surface area contributed by atoms with E-state index in [0.717, 1.165) is 39.1 Å². The first-order chi connectivity index (χ1) is 14.2. The summed E-state index contributed by atoms with van der Waals surface area (Å²) in [7, 11) is 3.25. The van der Waals surface area contributed by atoms with Gasteiger partial charge in [-0.2, -0.15) is 0 Å². The average Bonchev–Trinajstić information content (AvgIpc) is 3.20. The standard InChI is InChI=1S/C22H22N4O3.CH4/c1-28-19-5-3-14(10-20(19)29-2)16-9-17-18(13-26-22(17)25-12-16)15-4-6-21(24-11-15)23-7-8-27;/h3-6,9-13,27H,7-8H2,1-2H3,(H,23,24)(H,25,26);1H4. The average molecular weight is 406 g/mol. The SMILES string of the molecule is C.COc1ccc(-c2cnc3[nH]cc(-c4ccc(NCCO)nc4)c3c2)cc1OC. The van der Waals surface area contributed by atoms with Gasteiger partial charge in [0.15, 0.2) is 11.5 Å². The highest BCUT2D eigenvalue weighted by Gasteiger charge is 2.11. The van der Waals surface area contributed by atoms with E-state index in [9.17, 15) is 0 Å². The van der Waals surface area contributed by atoms with Crippen molar-refractivity contribution in [2.24, 2.45) is 0 Å². The number of aromatic nitrogens is 3. The lowest BCUT2D eigenvalue weighted by molar-refractivity contribution is 0.311. The summed E-state index contributed by atoms with van der Waals surface area (Å²) < 4.78 is 10.7. The molecule has 3 N–H and O–H groups in total. The number of rotatable bonds is 7. The second kappa shape index (κ2) is 9.28. The van der Waals surface area contributed by atoms with Crippen molar-refractivity contribution in [1.29, 1.82) is 0 Å². The lowest BCUT2D eigenvalue weighted by Gasteiger charge is -2.10. The van der Waals surface area contributed by atoms with Gasteiger partial charge >= 0.3 is 0 Å². The number of aromatic amines is 1. The number of anilines is 1. The maximum atomic E-state index is 8.92. The second-order valence-corrected chi connectivity index (χ2v) is 6.47. The zero-order valence-corrected chi connectivity index (χ0v) is 16.3. The smallest absolute Gasteiger partial charge is 0.161 e. The number of methoxy groups -OCH3 is 2. The Morgan fingerprint density at radius 2 is 1.70 bits per heavy atom. The topological polar surface area (TPSA) is 92.3 Å². The Morgan fingerprint density at radius 1 is 0.933 bits per heavy atom. The summed E-state index contributed by atoms with van der Waals surface area (Å²) >= 11 is 0. The highest BCUT2D eigenvalue weighted by atomic mass is 16.5. The molecule has 3 aromatic heterocycles. The fourth-order valence-electron chi connectivity index (χ4n) is 3.26. The van der Waals surface area contributed by atoms with Crippen LogP contribution in [0.3, 0.4) is 0 Å². The minimum atomic E-state index is 0. The number of hydrogen-bond donors (Lipinski definition) is 3. The van der Waals surface area contributed by atoms with Gasteiger partial charge < -0.3 is 24.9 Å². The van der Waals surface area contributed by atoms with Crippen LogP contribution in [0.15, 0.2) is 55.0 Å². The quantitative estimate of drug-likeness (QED) is 0.423. The van der Waals surface area contributed by atoms with Crippen molar-refractivity contribution in [3.63, 3.8) is 0 Å². The largest absolute Gasteiger partial charge is 0.493 e. The molecule has 1 aromatic carbocycles. The van der Waals surface area contributed by atoms with Gasteiger partial charge in [-0.3, -0.25) is 0 Å². The Bertz CT molecular complexity index is 1120. The molecule has 7 nitrogen and oxygen atoms in total. The summed E-state index contributed by atoms with van der Waals surface area (Å²) in [5.41, 5.74) is 4.79. The minimum absolute atomic E-state index is 0. The molecule has 0 spiro atoms. The Kier molecular flexibility index (Phi) is 6.54. The number of H-pyrrole nitrogens is 1. The van der Waals surface area contributed by atoms with Gasteiger partial charge in [-0.05, 0) is 35.9 Å². The molecule has 4 aromatic rings. The predicted molar refractivity (Wildman–Crippen MR) is 120 cm³/mol. The summed E-state index contributed by atoms with van der Waals surface area (Å²) in [5.74, 6) is 2.09. The fraction of sp³-hybridized carbons (Fsp3) is 0.217. The number of nitrogens with zero attached hydrogens (tertiary/aromatic N) is 2. The monoisotopic (exact) mass is 406 g/mol. The van der Waals surface area contributed by atoms with Crippen LogP contribution in [-0.2, 0) is 0 Å². The lowest BCUT2D eigenvalue weighted by atomic mass is 10.0. The molecule has 156 valence electrons. The van der Waals surface area contributed by atoms with E-state index in [2.05, 4.69) is 26.3 Å². The van der Waals surface area contributed by atoms with Gasteiger partial charge in [0.25, 0.3) is 0 Å². The van der Waals surface area contributed by atoms with Crippen LogP contribution in [0.5, 0.6) is 11.5 Å². The van der Waals surface area contributed by atoms with Gasteiger partial charge in [0.1, 0.15) is 11.5 Å². The van der Waals surface area contributed by atoms with E-state index >= 15 is 0 Å². The highest BCUT2D eigenvalue weighted by Crippen LogP contribution is 2.35. The maximum Gasteiger partial charge on any atom is 0.161 e. The molecule has 0 fully saturated rings. The van der Waals surface area contributed by atoms with Gasteiger partial charge in [-0.25, -0.2) is 9.97 Å². The number of nitrogens with one attached hydrogen (secondary N) is 2. The molecule has 0 aliphatic heterocycles. The van der Waals surface area contributed by atoms with Crippen LogP contribution in [-0.4, -0.2) is 47.4 Å². The van der Waals surface area contributed by atoms with Gasteiger partial charge in [0.2, 0.25) is 0 Å². The van der Waals surface area contributed by atoms with Gasteiger partial charge in [0, 0.05) is 47.2 Å². The molecular weight excluding hydrogens is 380 g/mol. The molecule has 0 saturated heterocycles. The summed E-state index contributed by atoms with van der Waals surface area (Å²) in [6, 6.07) is 11.8. The van der Waals surface area contributed by atoms with Gasteiger partial charge in [-0.1, -0.05) is 13.5 Å². The molecule has 0 saturated carbocycles. The Labute approximate surface area is 175 Å². The number of aliphatic hydroxyl groups is 1. The first-order valence-electron chi connectivity index (χ1n) is 9.24. The van der Waals surface area contributed by atoms with Crippen LogP contribution in [0.2, 0.25) is 0 Å². The van der Waals surface area contributed by atoms with Crippen molar-refractivity contribution in [2.45, 2.75) is 7.43 Å². The Hall–Kier alpha value is -3.58. The molecule has 7 heteroatoms. The summed E-state index contributed by atoms with van der Waals surface area (Å²) in [4.78, 5) is 12.2. The third-order valence-corrected chi connectivity index (χ3v) is 4.74. The second-order valence-electron chi connectivity index (χ2n) is 6.47. The van der Waals surface area contributed by atoms with Crippen LogP contribution >= 0.6 is 0 Å². The van der Waals surface area contributed by atoms with Crippen molar-refractivity contribution in [3.05, 3.63) is 55.0 Å². The van der Waals surface area contributed by atoms with Gasteiger partial charge in [0.05, 0.1) is 20.8 Å². The Balaban J connectivity index is 0.00000256. The minimum Gasteiger partial charge on any atom is -0.493 e. The lowest BCUT2D eigenvalue weighted by Crippen LogP contribution is -2.06. The maximum absolute atomic E-state index is 8.92. The van der Waals surface area contributed by atoms with E-state index in [1.165, 1.54) is 0 Å². The molecule has 0 amide bonds. The number of hydrogen-bond acceptors (Lipinski definition) is 6. The summed E-state index contributed by atoms with van der Waals surface area (Å²) in [6.45, 7) is 0.536. The number of ether oxygens (including phenoxy) is 2. The number of pyridine rings is 2. The molecule has 0 atom stereocenters. The number of fused-ring (bicyclic) bond motifs is 1. The van der Waals surface area contributed by atoms with E-state index in [4.69, 9.17) is 14.6 Å². The molecule has 4 rings (SSSR count). The van der Waals surface area contributed by atoms with E-state index in [1.54, 1.807) is 14.2 Å². The molecule has 30 heavy (non-hydrogen) atoms. The van der Waals surface area contributed by atoms with Crippen molar-refractivity contribution in [2.75, 3.05) is 32.7 Å².